The van der Waals surface area contributed by atoms with Gasteiger partial charge in [-0.3, -0.25) is 0 Å². The zero-order valence-electron chi connectivity index (χ0n) is 11.8. The Balaban J connectivity index is 3.26. The standard InChI is InChI=1S/C13H26O5/c1-4-6-9-17-13(14)18-10-7-8-16-11-12(5-2)15-3/h12H,4-11H2,1-3H3. The zero-order valence-corrected chi connectivity index (χ0v) is 11.8. The molecule has 0 fully saturated rings. The summed E-state index contributed by atoms with van der Waals surface area (Å²) in [5.74, 6) is 0. The van der Waals surface area contributed by atoms with Crippen LogP contribution >= 0.6 is 0 Å². The molecule has 0 N–H and O–H groups in total. The van der Waals surface area contributed by atoms with Gasteiger partial charge < -0.3 is 18.9 Å². The van der Waals surface area contributed by atoms with Crippen LogP contribution in [0.25, 0.3) is 0 Å². The van der Waals surface area contributed by atoms with Gasteiger partial charge >= 0.3 is 6.16 Å². The van der Waals surface area contributed by atoms with E-state index in [9.17, 15) is 4.79 Å². The van der Waals surface area contributed by atoms with Crippen molar-refractivity contribution in [3.8, 4) is 0 Å². The minimum absolute atomic E-state index is 0.143. The second kappa shape index (κ2) is 12.6. The summed E-state index contributed by atoms with van der Waals surface area (Å²) in [5, 5.41) is 0. The van der Waals surface area contributed by atoms with E-state index >= 15 is 0 Å². The van der Waals surface area contributed by atoms with Crippen LogP contribution in [-0.4, -0.2) is 45.8 Å². The minimum atomic E-state index is -0.591. The normalized spacial score (nSPS) is 12.2. The quantitative estimate of drug-likeness (QED) is 0.423. The molecular formula is C13H26O5. The summed E-state index contributed by atoms with van der Waals surface area (Å²) in [7, 11) is 1.67. The smallest absolute Gasteiger partial charge is 0.434 e. The number of ether oxygens (including phenoxy) is 4. The molecule has 5 heteroatoms. The van der Waals surface area contributed by atoms with Gasteiger partial charge in [-0.05, 0) is 12.8 Å². The highest BCUT2D eigenvalue weighted by Crippen LogP contribution is 1.98. The zero-order chi connectivity index (χ0) is 13.6. The summed E-state index contributed by atoms with van der Waals surface area (Å²) in [6, 6.07) is 0. The van der Waals surface area contributed by atoms with Gasteiger partial charge in [0.05, 0.1) is 25.9 Å². The van der Waals surface area contributed by atoms with E-state index in [0.29, 0.717) is 32.8 Å². The molecule has 0 aliphatic carbocycles. The molecular weight excluding hydrogens is 236 g/mol. The van der Waals surface area contributed by atoms with Gasteiger partial charge in [-0.2, -0.15) is 0 Å². The van der Waals surface area contributed by atoms with Crippen molar-refractivity contribution in [2.24, 2.45) is 0 Å². The molecule has 18 heavy (non-hydrogen) atoms. The first-order valence-electron chi connectivity index (χ1n) is 6.64. The van der Waals surface area contributed by atoms with Crippen molar-refractivity contribution in [1.82, 2.24) is 0 Å². The molecule has 0 aromatic carbocycles. The summed E-state index contributed by atoms with van der Waals surface area (Å²) < 4.78 is 20.3. The first kappa shape index (κ1) is 17.2. The van der Waals surface area contributed by atoms with Crippen molar-refractivity contribution >= 4 is 6.16 Å². The maximum atomic E-state index is 11.0. The average Bonchev–Trinajstić information content (AvgIpc) is 2.38. The van der Waals surface area contributed by atoms with E-state index in [0.717, 1.165) is 19.3 Å². The van der Waals surface area contributed by atoms with Gasteiger partial charge in [0.2, 0.25) is 0 Å². The van der Waals surface area contributed by atoms with Crippen LogP contribution in [-0.2, 0) is 18.9 Å². The van der Waals surface area contributed by atoms with Crippen LogP contribution in [0.1, 0.15) is 39.5 Å². The first-order chi connectivity index (χ1) is 8.74. The number of rotatable bonds is 11. The molecule has 1 atom stereocenters. The summed E-state index contributed by atoms with van der Waals surface area (Å²) in [5.41, 5.74) is 0. The molecule has 5 nitrogen and oxygen atoms in total. The van der Waals surface area contributed by atoms with E-state index in [4.69, 9.17) is 18.9 Å². The molecule has 0 spiro atoms. The predicted molar refractivity (Wildman–Crippen MR) is 68.7 cm³/mol. The lowest BCUT2D eigenvalue weighted by atomic mass is 10.3. The minimum Gasteiger partial charge on any atom is -0.434 e. The monoisotopic (exact) mass is 262 g/mol. The number of hydrogen-bond acceptors (Lipinski definition) is 5. The van der Waals surface area contributed by atoms with Crippen LogP contribution in [0.15, 0.2) is 0 Å². The molecule has 0 heterocycles. The van der Waals surface area contributed by atoms with Crippen molar-refractivity contribution in [2.75, 3.05) is 33.5 Å². The Bertz CT molecular complexity index is 192. The Hall–Kier alpha value is -0.810. The second-order valence-electron chi connectivity index (χ2n) is 3.99. The summed E-state index contributed by atoms with van der Waals surface area (Å²) >= 11 is 0. The van der Waals surface area contributed by atoms with Gasteiger partial charge in [0.25, 0.3) is 0 Å². The number of unbranched alkanes of at least 4 members (excludes halogenated alkanes) is 1. The lowest BCUT2D eigenvalue weighted by molar-refractivity contribution is -0.000653. The van der Waals surface area contributed by atoms with E-state index in [1.54, 1.807) is 7.11 Å². The highest BCUT2D eigenvalue weighted by atomic mass is 16.7. The molecule has 0 aromatic heterocycles. The molecule has 0 amide bonds. The van der Waals surface area contributed by atoms with Gasteiger partial charge in [-0.15, -0.1) is 0 Å². The highest BCUT2D eigenvalue weighted by molar-refractivity contribution is 5.59. The third-order valence-corrected chi connectivity index (χ3v) is 2.46. The van der Waals surface area contributed by atoms with E-state index < -0.39 is 6.16 Å². The summed E-state index contributed by atoms with van der Waals surface area (Å²) in [6.07, 6.45) is 3.02. The molecule has 0 rings (SSSR count). The first-order valence-corrected chi connectivity index (χ1v) is 6.64. The van der Waals surface area contributed by atoms with Gasteiger partial charge in [0, 0.05) is 20.1 Å². The number of methoxy groups -OCH3 is 1. The largest absolute Gasteiger partial charge is 0.508 e. The van der Waals surface area contributed by atoms with Gasteiger partial charge in [-0.1, -0.05) is 20.3 Å². The van der Waals surface area contributed by atoms with Gasteiger partial charge in [0.15, 0.2) is 0 Å². The Kier molecular flexibility index (Phi) is 12.1. The molecule has 0 aromatic rings. The van der Waals surface area contributed by atoms with Crippen LogP contribution in [0.2, 0.25) is 0 Å². The summed E-state index contributed by atoms with van der Waals surface area (Å²) in [6.45, 7) is 5.98. The van der Waals surface area contributed by atoms with Crippen molar-refractivity contribution in [2.45, 2.75) is 45.6 Å². The molecule has 0 radical (unpaired) electrons. The lowest BCUT2D eigenvalue weighted by Crippen LogP contribution is -2.18. The third kappa shape index (κ3) is 10.4. The van der Waals surface area contributed by atoms with Gasteiger partial charge in [-0.25, -0.2) is 4.79 Å². The van der Waals surface area contributed by atoms with Crippen LogP contribution < -0.4 is 0 Å². The molecule has 1 unspecified atom stereocenters. The van der Waals surface area contributed by atoms with E-state index in [-0.39, 0.29) is 6.10 Å². The highest BCUT2D eigenvalue weighted by Gasteiger charge is 2.05. The predicted octanol–water partition coefficient (Wildman–Crippen LogP) is 2.77. The summed E-state index contributed by atoms with van der Waals surface area (Å²) in [4.78, 5) is 11.0. The maximum Gasteiger partial charge on any atom is 0.508 e. The fraction of sp³-hybridized carbons (Fsp3) is 0.923. The van der Waals surface area contributed by atoms with Crippen LogP contribution in [0.4, 0.5) is 4.79 Å². The fourth-order valence-electron chi connectivity index (χ4n) is 1.23. The second-order valence-corrected chi connectivity index (χ2v) is 3.99. The molecule has 0 saturated carbocycles. The Morgan fingerprint density at radius 2 is 1.72 bits per heavy atom. The van der Waals surface area contributed by atoms with Crippen molar-refractivity contribution in [3.63, 3.8) is 0 Å². The van der Waals surface area contributed by atoms with Crippen LogP contribution in [0, 0.1) is 0 Å². The van der Waals surface area contributed by atoms with Gasteiger partial charge in [0.1, 0.15) is 0 Å². The van der Waals surface area contributed by atoms with E-state index in [1.165, 1.54) is 0 Å². The number of hydrogen-bond donors (Lipinski definition) is 0. The third-order valence-electron chi connectivity index (χ3n) is 2.46. The van der Waals surface area contributed by atoms with Crippen LogP contribution in [0.5, 0.6) is 0 Å². The number of carbonyl (C=O) groups is 1. The topological polar surface area (TPSA) is 54.0 Å². The van der Waals surface area contributed by atoms with E-state index in [2.05, 4.69) is 0 Å². The SMILES string of the molecule is CCCCOC(=O)OCCCOCC(CC)OC. The van der Waals surface area contributed by atoms with Crippen molar-refractivity contribution in [1.29, 1.82) is 0 Å². The van der Waals surface area contributed by atoms with Crippen molar-refractivity contribution < 1.29 is 23.7 Å². The molecule has 0 bridgehead atoms. The Morgan fingerprint density at radius 1 is 1.06 bits per heavy atom. The lowest BCUT2D eigenvalue weighted by Gasteiger charge is -2.13. The van der Waals surface area contributed by atoms with Crippen molar-refractivity contribution in [3.05, 3.63) is 0 Å². The number of carbonyl (C=O) groups excluding carboxylic acids is 1. The molecule has 0 saturated heterocycles. The van der Waals surface area contributed by atoms with Crippen LogP contribution in [0.3, 0.4) is 0 Å². The maximum absolute atomic E-state index is 11.0. The Morgan fingerprint density at radius 3 is 2.28 bits per heavy atom. The molecule has 0 aliphatic heterocycles. The van der Waals surface area contributed by atoms with E-state index in [1.807, 2.05) is 13.8 Å². The molecule has 0 aliphatic rings. The fourth-order valence-corrected chi connectivity index (χ4v) is 1.23. The average molecular weight is 262 g/mol. The molecule has 108 valence electrons. The Labute approximate surface area is 110 Å².